The third-order valence-electron chi connectivity index (χ3n) is 3.59. The van der Waals surface area contributed by atoms with Crippen molar-refractivity contribution in [3.63, 3.8) is 0 Å². The van der Waals surface area contributed by atoms with Crippen molar-refractivity contribution >= 4 is 28.4 Å². The first kappa shape index (κ1) is 15.5. The highest BCUT2D eigenvalue weighted by atomic mass is 35.5. The molecule has 3 rings (SSSR count). The molecule has 0 saturated heterocycles. The van der Waals surface area contributed by atoms with Crippen LogP contribution in [0, 0.1) is 0 Å². The van der Waals surface area contributed by atoms with Crippen LogP contribution >= 0.6 is 11.6 Å². The molecular formula is C17H17ClN4O. The fourth-order valence-electron chi connectivity index (χ4n) is 2.52. The van der Waals surface area contributed by atoms with Gasteiger partial charge in [0.15, 0.2) is 0 Å². The summed E-state index contributed by atoms with van der Waals surface area (Å²) in [5.41, 5.74) is 2.30. The molecule has 0 spiro atoms. The van der Waals surface area contributed by atoms with Crippen LogP contribution in [0.15, 0.2) is 42.6 Å². The summed E-state index contributed by atoms with van der Waals surface area (Å²) in [6.07, 6.45) is 2.56. The molecule has 6 heteroatoms. The number of fused-ring (bicyclic) bond motifs is 1. The van der Waals surface area contributed by atoms with E-state index in [-0.39, 0.29) is 11.1 Å². The summed E-state index contributed by atoms with van der Waals surface area (Å²) in [5, 5.41) is 8.74. The Morgan fingerprint density at radius 2 is 2.09 bits per heavy atom. The van der Waals surface area contributed by atoms with E-state index < -0.39 is 0 Å². The molecule has 118 valence electrons. The fourth-order valence-corrected chi connectivity index (χ4v) is 2.73. The Labute approximate surface area is 139 Å². The molecule has 0 unspecified atom stereocenters. The number of amides is 1. The molecule has 0 atom stereocenters. The highest BCUT2D eigenvalue weighted by Gasteiger charge is 2.13. The maximum absolute atomic E-state index is 12.2. The maximum Gasteiger partial charge on any atom is 0.254 e. The molecule has 23 heavy (non-hydrogen) atoms. The van der Waals surface area contributed by atoms with Crippen LogP contribution in [0.2, 0.25) is 5.15 Å². The largest absolute Gasteiger partial charge is 0.346 e. The standard InChI is InChI=1S/C17H17ClN4O/c1-2-10-22-15-8-4-3-6-12(15)14(21-22)11-20-17(23)13-7-5-9-19-16(13)18/h3-9H,2,10-11H2,1H3,(H,20,23). The summed E-state index contributed by atoms with van der Waals surface area (Å²) in [6.45, 7) is 3.31. The van der Waals surface area contributed by atoms with Gasteiger partial charge in [-0.3, -0.25) is 9.48 Å². The topological polar surface area (TPSA) is 59.8 Å². The zero-order valence-electron chi connectivity index (χ0n) is 12.8. The molecule has 1 aromatic carbocycles. The molecule has 1 amide bonds. The number of nitrogens with zero attached hydrogens (tertiary/aromatic N) is 3. The summed E-state index contributed by atoms with van der Waals surface area (Å²) < 4.78 is 1.98. The second-order valence-electron chi connectivity index (χ2n) is 5.21. The molecule has 0 saturated carbocycles. The van der Waals surface area contributed by atoms with Crippen LogP contribution < -0.4 is 5.32 Å². The van der Waals surface area contributed by atoms with E-state index in [1.165, 1.54) is 0 Å². The molecule has 0 radical (unpaired) electrons. The van der Waals surface area contributed by atoms with Crippen LogP contribution in [0.5, 0.6) is 0 Å². The predicted octanol–water partition coefficient (Wildman–Crippen LogP) is 3.42. The van der Waals surface area contributed by atoms with Gasteiger partial charge in [0, 0.05) is 18.1 Å². The lowest BCUT2D eigenvalue weighted by atomic mass is 10.2. The predicted molar refractivity (Wildman–Crippen MR) is 90.4 cm³/mol. The van der Waals surface area contributed by atoms with Gasteiger partial charge in [-0.2, -0.15) is 5.10 Å². The smallest absolute Gasteiger partial charge is 0.254 e. The minimum atomic E-state index is -0.253. The van der Waals surface area contributed by atoms with Crippen molar-refractivity contribution in [1.82, 2.24) is 20.1 Å². The Bertz CT molecular complexity index is 843. The van der Waals surface area contributed by atoms with Gasteiger partial charge in [0.2, 0.25) is 0 Å². The zero-order valence-corrected chi connectivity index (χ0v) is 13.5. The molecule has 0 fully saturated rings. The Morgan fingerprint density at radius 3 is 2.87 bits per heavy atom. The van der Waals surface area contributed by atoms with E-state index in [9.17, 15) is 4.79 Å². The Morgan fingerprint density at radius 1 is 1.26 bits per heavy atom. The summed E-state index contributed by atoms with van der Waals surface area (Å²) >= 11 is 5.95. The van der Waals surface area contributed by atoms with Gasteiger partial charge in [0.25, 0.3) is 5.91 Å². The SMILES string of the molecule is CCCn1nc(CNC(=O)c2cccnc2Cl)c2ccccc21. The van der Waals surface area contributed by atoms with Gasteiger partial charge in [0.1, 0.15) is 5.15 Å². The number of hydrogen-bond acceptors (Lipinski definition) is 3. The van der Waals surface area contributed by atoms with E-state index in [0.29, 0.717) is 12.1 Å². The Hall–Kier alpha value is -2.40. The van der Waals surface area contributed by atoms with Crippen LogP contribution in [0.4, 0.5) is 0 Å². The molecule has 2 heterocycles. The summed E-state index contributed by atoms with van der Waals surface area (Å²) in [6, 6.07) is 11.4. The van der Waals surface area contributed by atoms with E-state index in [0.717, 1.165) is 29.6 Å². The van der Waals surface area contributed by atoms with E-state index in [1.54, 1.807) is 18.3 Å². The number of rotatable bonds is 5. The summed E-state index contributed by atoms with van der Waals surface area (Å²) in [5.74, 6) is -0.253. The molecule has 5 nitrogen and oxygen atoms in total. The van der Waals surface area contributed by atoms with Gasteiger partial charge in [-0.1, -0.05) is 36.7 Å². The van der Waals surface area contributed by atoms with E-state index in [4.69, 9.17) is 11.6 Å². The first-order chi connectivity index (χ1) is 11.2. The van der Waals surface area contributed by atoms with E-state index in [2.05, 4.69) is 22.3 Å². The highest BCUT2D eigenvalue weighted by molar-refractivity contribution is 6.32. The van der Waals surface area contributed by atoms with Gasteiger partial charge in [-0.25, -0.2) is 4.98 Å². The number of hydrogen-bond donors (Lipinski definition) is 1. The van der Waals surface area contributed by atoms with Crippen molar-refractivity contribution < 1.29 is 4.79 Å². The van der Waals surface area contributed by atoms with Crippen LogP contribution in [0.3, 0.4) is 0 Å². The average Bonchev–Trinajstić information content (AvgIpc) is 2.92. The lowest BCUT2D eigenvalue weighted by molar-refractivity contribution is 0.0950. The van der Waals surface area contributed by atoms with Crippen molar-refractivity contribution in [2.45, 2.75) is 26.4 Å². The van der Waals surface area contributed by atoms with Crippen molar-refractivity contribution in [3.05, 3.63) is 59.0 Å². The van der Waals surface area contributed by atoms with E-state index in [1.807, 2.05) is 28.9 Å². The van der Waals surface area contributed by atoms with Crippen molar-refractivity contribution in [2.75, 3.05) is 0 Å². The van der Waals surface area contributed by atoms with Crippen LogP contribution in [0.1, 0.15) is 29.4 Å². The van der Waals surface area contributed by atoms with Gasteiger partial charge >= 0.3 is 0 Å². The quantitative estimate of drug-likeness (QED) is 0.730. The number of halogens is 1. The van der Waals surface area contributed by atoms with Crippen molar-refractivity contribution in [3.8, 4) is 0 Å². The number of carbonyl (C=O) groups is 1. The van der Waals surface area contributed by atoms with Crippen LogP contribution in [0.25, 0.3) is 10.9 Å². The zero-order chi connectivity index (χ0) is 16.2. The fraction of sp³-hybridized carbons (Fsp3) is 0.235. The first-order valence-corrected chi connectivity index (χ1v) is 7.91. The lowest BCUT2D eigenvalue weighted by Gasteiger charge is -2.04. The second kappa shape index (κ2) is 6.79. The summed E-state index contributed by atoms with van der Waals surface area (Å²) in [4.78, 5) is 16.2. The Balaban J connectivity index is 1.82. The number of benzene rings is 1. The molecule has 0 aliphatic carbocycles. The van der Waals surface area contributed by atoms with Crippen LogP contribution in [-0.4, -0.2) is 20.7 Å². The first-order valence-electron chi connectivity index (χ1n) is 7.54. The molecule has 3 aromatic rings. The molecule has 1 N–H and O–H groups in total. The van der Waals surface area contributed by atoms with Gasteiger partial charge < -0.3 is 5.32 Å². The minimum absolute atomic E-state index is 0.200. The van der Waals surface area contributed by atoms with Crippen molar-refractivity contribution in [2.24, 2.45) is 0 Å². The van der Waals surface area contributed by atoms with Crippen molar-refractivity contribution in [1.29, 1.82) is 0 Å². The Kier molecular flexibility index (Phi) is 4.57. The third-order valence-corrected chi connectivity index (χ3v) is 3.89. The van der Waals surface area contributed by atoms with Gasteiger partial charge in [0.05, 0.1) is 23.3 Å². The molecule has 0 bridgehead atoms. The third kappa shape index (κ3) is 3.19. The summed E-state index contributed by atoms with van der Waals surface area (Å²) in [7, 11) is 0. The highest BCUT2D eigenvalue weighted by Crippen LogP contribution is 2.19. The van der Waals surface area contributed by atoms with E-state index >= 15 is 0 Å². The maximum atomic E-state index is 12.2. The van der Waals surface area contributed by atoms with Crippen LogP contribution in [-0.2, 0) is 13.1 Å². The van der Waals surface area contributed by atoms with Gasteiger partial charge in [-0.05, 0) is 24.6 Å². The number of nitrogens with one attached hydrogen (secondary N) is 1. The number of para-hydroxylation sites is 1. The number of carbonyl (C=O) groups excluding carboxylic acids is 1. The number of pyridine rings is 1. The normalized spacial score (nSPS) is 10.9. The monoisotopic (exact) mass is 328 g/mol. The lowest BCUT2D eigenvalue weighted by Crippen LogP contribution is -2.23. The number of aryl methyl sites for hydroxylation is 1. The number of aromatic nitrogens is 3. The molecule has 0 aliphatic rings. The average molecular weight is 329 g/mol. The minimum Gasteiger partial charge on any atom is -0.346 e. The molecular weight excluding hydrogens is 312 g/mol. The van der Waals surface area contributed by atoms with Gasteiger partial charge in [-0.15, -0.1) is 0 Å². The second-order valence-corrected chi connectivity index (χ2v) is 5.57. The molecule has 2 aromatic heterocycles. The molecule has 0 aliphatic heterocycles.